The van der Waals surface area contributed by atoms with E-state index in [4.69, 9.17) is 21.1 Å². The van der Waals surface area contributed by atoms with Gasteiger partial charge in [0.05, 0.1) is 29.3 Å². The summed E-state index contributed by atoms with van der Waals surface area (Å²) in [5.41, 5.74) is 1.23. The van der Waals surface area contributed by atoms with Crippen LogP contribution in [0.15, 0.2) is 77.7 Å². The van der Waals surface area contributed by atoms with Gasteiger partial charge in [-0.25, -0.2) is 8.42 Å². The van der Waals surface area contributed by atoms with Crippen molar-refractivity contribution in [3.63, 3.8) is 0 Å². The third-order valence-electron chi connectivity index (χ3n) is 4.77. The molecule has 0 unspecified atom stereocenters. The van der Waals surface area contributed by atoms with Crippen LogP contribution in [0.25, 0.3) is 0 Å². The lowest BCUT2D eigenvalue weighted by atomic mass is 10.1. The average molecular weight is 489 g/mol. The monoisotopic (exact) mass is 488 g/mol. The zero-order valence-electron chi connectivity index (χ0n) is 18.2. The van der Waals surface area contributed by atoms with E-state index in [1.54, 1.807) is 31.2 Å². The Morgan fingerprint density at radius 3 is 2.36 bits per heavy atom. The third-order valence-corrected chi connectivity index (χ3v) is 6.54. The molecular formula is C24H25ClN2O5S. The van der Waals surface area contributed by atoms with Gasteiger partial charge in [0.15, 0.2) is 0 Å². The number of amides is 1. The number of ether oxygens (including phenoxy) is 2. The Labute approximate surface area is 198 Å². The van der Waals surface area contributed by atoms with Gasteiger partial charge in [0.2, 0.25) is 15.9 Å². The van der Waals surface area contributed by atoms with Crippen LogP contribution in [0.5, 0.6) is 11.5 Å². The highest BCUT2D eigenvalue weighted by molar-refractivity contribution is 7.89. The van der Waals surface area contributed by atoms with E-state index >= 15 is 0 Å². The molecule has 0 aliphatic carbocycles. The number of hydrogen-bond donors (Lipinski definition) is 2. The molecule has 7 nitrogen and oxygen atoms in total. The molecule has 0 fully saturated rings. The summed E-state index contributed by atoms with van der Waals surface area (Å²) in [6, 6.07) is 19.1. The van der Waals surface area contributed by atoms with Gasteiger partial charge in [-0.1, -0.05) is 54.1 Å². The van der Waals surface area contributed by atoms with Crippen molar-refractivity contribution in [1.82, 2.24) is 4.72 Å². The number of carbonyl (C=O) groups is 1. The van der Waals surface area contributed by atoms with Crippen LogP contribution in [-0.4, -0.2) is 34.1 Å². The molecule has 3 aromatic rings. The first-order valence-corrected chi connectivity index (χ1v) is 12.1. The third kappa shape index (κ3) is 6.47. The predicted octanol–water partition coefficient (Wildman–Crippen LogP) is 4.28. The minimum atomic E-state index is -4.07. The van der Waals surface area contributed by atoms with Gasteiger partial charge < -0.3 is 14.8 Å². The molecular weight excluding hydrogens is 464 g/mol. The van der Waals surface area contributed by atoms with Crippen molar-refractivity contribution in [2.24, 2.45) is 0 Å². The molecule has 0 bridgehead atoms. The smallest absolute Gasteiger partial charge is 0.243 e. The highest BCUT2D eigenvalue weighted by Crippen LogP contribution is 2.28. The highest BCUT2D eigenvalue weighted by atomic mass is 35.5. The molecule has 0 saturated heterocycles. The number of nitrogens with one attached hydrogen (secondary N) is 2. The number of rotatable bonds is 10. The van der Waals surface area contributed by atoms with Crippen LogP contribution in [0.1, 0.15) is 12.5 Å². The lowest BCUT2D eigenvalue weighted by Crippen LogP contribution is -2.45. The maximum atomic E-state index is 13.2. The van der Waals surface area contributed by atoms with E-state index in [-0.39, 0.29) is 16.3 Å². The van der Waals surface area contributed by atoms with E-state index < -0.39 is 22.0 Å². The molecule has 0 spiro atoms. The number of benzene rings is 3. The summed E-state index contributed by atoms with van der Waals surface area (Å²) in [5, 5.41) is 2.92. The first-order chi connectivity index (χ1) is 15.8. The first-order valence-electron chi connectivity index (χ1n) is 10.3. The molecule has 33 heavy (non-hydrogen) atoms. The largest absolute Gasteiger partial charge is 0.495 e. The Hall–Kier alpha value is -3.07. The highest BCUT2D eigenvalue weighted by Gasteiger charge is 2.27. The molecule has 1 amide bonds. The molecule has 0 radical (unpaired) electrons. The van der Waals surface area contributed by atoms with Crippen molar-refractivity contribution >= 4 is 33.2 Å². The molecule has 3 aromatic carbocycles. The number of hydrogen-bond acceptors (Lipinski definition) is 5. The molecule has 0 aliphatic heterocycles. The Morgan fingerprint density at radius 1 is 1.00 bits per heavy atom. The molecule has 0 aromatic heterocycles. The number of carbonyl (C=O) groups excluding carboxylic acids is 1. The number of para-hydroxylation sites is 2. The summed E-state index contributed by atoms with van der Waals surface area (Å²) in [6.45, 7) is 2.20. The SMILES string of the molecule is CCOc1ccc(S(=O)(=O)N[C@H](Cc2ccccc2)C(=O)Nc2ccccc2OC)cc1Cl. The van der Waals surface area contributed by atoms with Crippen LogP contribution < -0.4 is 19.5 Å². The fourth-order valence-electron chi connectivity index (χ4n) is 3.18. The minimum absolute atomic E-state index is 0.0703. The second kappa shape index (κ2) is 11.2. The van der Waals surface area contributed by atoms with Crippen molar-refractivity contribution in [2.75, 3.05) is 19.0 Å². The van der Waals surface area contributed by atoms with Crippen molar-refractivity contribution in [3.05, 3.63) is 83.4 Å². The second-order valence-corrected chi connectivity index (χ2v) is 9.20. The van der Waals surface area contributed by atoms with Gasteiger partial charge in [0, 0.05) is 0 Å². The van der Waals surface area contributed by atoms with E-state index in [0.29, 0.717) is 23.8 Å². The molecule has 1 atom stereocenters. The van der Waals surface area contributed by atoms with Gasteiger partial charge in [-0.15, -0.1) is 0 Å². The van der Waals surface area contributed by atoms with Gasteiger partial charge in [-0.3, -0.25) is 4.79 Å². The van der Waals surface area contributed by atoms with Gasteiger partial charge in [-0.05, 0) is 49.2 Å². The second-order valence-electron chi connectivity index (χ2n) is 7.08. The Kier molecular flexibility index (Phi) is 8.32. The summed E-state index contributed by atoms with van der Waals surface area (Å²) in [4.78, 5) is 13.1. The zero-order valence-corrected chi connectivity index (χ0v) is 19.8. The van der Waals surface area contributed by atoms with Gasteiger partial charge >= 0.3 is 0 Å². The minimum Gasteiger partial charge on any atom is -0.495 e. The van der Waals surface area contributed by atoms with Crippen LogP contribution in [0, 0.1) is 0 Å². The van der Waals surface area contributed by atoms with Crippen molar-refractivity contribution < 1.29 is 22.7 Å². The molecule has 174 valence electrons. The number of anilines is 1. The lowest BCUT2D eigenvalue weighted by Gasteiger charge is -2.20. The summed E-state index contributed by atoms with van der Waals surface area (Å²) in [7, 11) is -2.58. The number of sulfonamides is 1. The Morgan fingerprint density at radius 2 is 1.70 bits per heavy atom. The number of halogens is 1. The number of methoxy groups -OCH3 is 1. The Bertz CT molecular complexity index is 1200. The fourth-order valence-corrected chi connectivity index (χ4v) is 4.70. The normalized spacial score (nSPS) is 12.1. The topological polar surface area (TPSA) is 93.7 Å². The molecule has 0 saturated carbocycles. The predicted molar refractivity (Wildman–Crippen MR) is 129 cm³/mol. The van der Waals surface area contributed by atoms with E-state index in [2.05, 4.69) is 10.0 Å². The fraction of sp³-hybridized carbons (Fsp3) is 0.208. The molecule has 3 rings (SSSR count). The summed E-state index contributed by atoms with van der Waals surface area (Å²) < 4.78 is 39.4. The maximum absolute atomic E-state index is 13.2. The van der Waals surface area contributed by atoms with Crippen LogP contribution in [0.3, 0.4) is 0 Å². The average Bonchev–Trinajstić information content (AvgIpc) is 2.81. The zero-order chi connectivity index (χ0) is 23.8. The molecule has 2 N–H and O–H groups in total. The summed E-state index contributed by atoms with van der Waals surface area (Å²) in [5.74, 6) is 0.322. The lowest BCUT2D eigenvalue weighted by molar-refractivity contribution is -0.117. The summed E-state index contributed by atoms with van der Waals surface area (Å²) >= 11 is 6.17. The Balaban J connectivity index is 1.89. The van der Waals surface area contributed by atoms with Gasteiger partial charge in [0.25, 0.3) is 0 Å². The van der Waals surface area contributed by atoms with E-state index in [1.165, 1.54) is 25.3 Å². The molecule has 0 heterocycles. The first kappa shape index (κ1) is 24.6. The summed E-state index contributed by atoms with van der Waals surface area (Å²) in [6.07, 6.45) is 0.145. The van der Waals surface area contributed by atoms with E-state index in [9.17, 15) is 13.2 Å². The maximum Gasteiger partial charge on any atom is 0.243 e. The van der Waals surface area contributed by atoms with E-state index in [1.807, 2.05) is 30.3 Å². The van der Waals surface area contributed by atoms with E-state index in [0.717, 1.165) is 5.56 Å². The van der Waals surface area contributed by atoms with Crippen LogP contribution in [0.4, 0.5) is 5.69 Å². The van der Waals surface area contributed by atoms with Crippen molar-refractivity contribution in [3.8, 4) is 11.5 Å². The van der Waals surface area contributed by atoms with Gasteiger partial charge in [0.1, 0.15) is 17.5 Å². The quantitative estimate of drug-likeness (QED) is 0.444. The standard InChI is InChI=1S/C24H25ClN2O5S/c1-3-32-22-14-13-18(16-19(22)25)33(29,30)27-21(15-17-9-5-4-6-10-17)24(28)26-20-11-7-8-12-23(20)31-2/h4-14,16,21,27H,3,15H2,1-2H3,(H,26,28)/t21-/m1/s1. The van der Waals surface area contributed by atoms with Crippen LogP contribution >= 0.6 is 11.6 Å². The van der Waals surface area contributed by atoms with Crippen LogP contribution in [0.2, 0.25) is 5.02 Å². The van der Waals surface area contributed by atoms with Crippen molar-refractivity contribution in [1.29, 1.82) is 0 Å². The molecule has 9 heteroatoms. The van der Waals surface area contributed by atoms with Crippen molar-refractivity contribution in [2.45, 2.75) is 24.3 Å². The van der Waals surface area contributed by atoms with Gasteiger partial charge in [-0.2, -0.15) is 4.72 Å². The van der Waals surface area contributed by atoms with Crippen LogP contribution in [-0.2, 0) is 21.2 Å². The molecule has 0 aliphatic rings.